The van der Waals surface area contributed by atoms with Crippen LogP contribution in [0.4, 0.5) is 17.5 Å². The van der Waals surface area contributed by atoms with Crippen molar-refractivity contribution in [2.45, 2.75) is 39.0 Å². The Balaban J connectivity index is 1.64. The maximum Gasteiger partial charge on any atom is 0.258 e. The molecule has 4 rings (SSSR count). The first kappa shape index (κ1) is 20.9. The molecule has 9 heteroatoms. The molecule has 2 atom stereocenters. The molecule has 9 nitrogen and oxygen atoms in total. The Bertz CT molecular complexity index is 1050. The standard InChI is InChI=1S/C22H27N5O4/c1-3-31-16-9-5-4-8-15(16)23-20(29)14-11-17(28)24-19-18(14)21(30)26-22(25-19)27-10-6-7-13(2)12-27/h4-5,8-9,13-14H,3,6-7,10-12H2,1-2H3,(H,23,29)(H2,24,25,26,28,30)/t13-,14-/m1/s1. The molecule has 2 aliphatic rings. The topological polar surface area (TPSA) is 116 Å². The minimum atomic E-state index is -0.941. The fourth-order valence-electron chi connectivity index (χ4n) is 4.19. The van der Waals surface area contributed by atoms with Crippen LogP contribution in [0.1, 0.15) is 44.6 Å². The molecule has 0 radical (unpaired) electrons. The quantitative estimate of drug-likeness (QED) is 0.678. The number of hydrogen-bond acceptors (Lipinski definition) is 6. The highest BCUT2D eigenvalue weighted by Gasteiger charge is 2.35. The molecule has 3 N–H and O–H groups in total. The fraction of sp³-hybridized carbons (Fsp3) is 0.455. The summed E-state index contributed by atoms with van der Waals surface area (Å²) in [7, 11) is 0. The van der Waals surface area contributed by atoms with Crippen LogP contribution >= 0.6 is 0 Å². The lowest BCUT2D eigenvalue weighted by Crippen LogP contribution is -2.40. The van der Waals surface area contributed by atoms with Gasteiger partial charge in [-0.1, -0.05) is 19.1 Å². The molecule has 0 bridgehead atoms. The summed E-state index contributed by atoms with van der Waals surface area (Å²) < 4.78 is 5.55. The zero-order valence-corrected chi connectivity index (χ0v) is 17.7. The van der Waals surface area contributed by atoms with Crippen molar-refractivity contribution in [1.29, 1.82) is 0 Å². The molecule has 1 aromatic heterocycles. The van der Waals surface area contributed by atoms with Gasteiger partial charge in [-0.05, 0) is 37.8 Å². The molecule has 0 unspecified atom stereocenters. The van der Waals surface area contributed by atoms with Crippen molar-refractivity contribution >= 4 is 29.3 Å². The van der Waals surface area contributed by atoms with Crippen LogP contribution in [0.5, 0.6) is 5.75 Å². The van der Waals surface area contributed by atoms with Crippen molar-refractivity contribution in [3.8, 4) is 5.75 Å². The van der Waals surface area contributed by atoms with Crippen molar-refractivity contribution in [1.82, 2.24) is 9.97 Å². The molecular weight excluding hydrogens is 398 g/mol. The number of amides is 2. The Hall–Kier alpha value is -3.36. The monoisotopic (exact) mass is 425 g/mol. The number of H-pyrrole nitrogens is 1. The molecule has 3 heterocycles. The van der Waals surface area contributed by atoms with Crippen molar-refractivity contribution in [3.63, 3.8) is 0 Å². The predicted octanol–water partition coefficient (Wildman–Crippen LogP) is 2.47. The van der Waals surface area contributed by atoms with Crippen LogP contribution in [0.15, 0.2) is 29.1 Å². The number of ether oxygens (including phenoxy) is 1. The average molecular weight is 425 g/mol. The van der Waals surface area contributed by atoms with E-state index < -0.39 is 17.4 Å². The number of piperidine rings is 1. The fourth-order valence-corrected chi connectivity index (χ4v) is 4.19. The van der Waals surface area contributed by atoms with Gasteiger partial charge in [-0.2, -0.15) is 4.98 Å². The number of carbonyl (C=O) groups excluding carboxylic acids is 2. The summed E-state index contributed by atoms with van der Waals surface area (Å²) in [6, 6.07) is 7.05. The Kier molecular flexibility index (Phi) is 5.92. The molecule has 0 aliphatic carbocycles. The molecule has 0 saturated carbocycles. The maximum absolute atomic E-state index is 13.1. The van der Waals surface area contributed by atoms with E-state index in [1.807, 2.05) is 17.9 Å². The van der Waals surface area contributed by atoms with Crippen LogP contribution in [0.25, 0.3) is 0 Å². The first-order valence-corrected chi connectivity index (χ1v) is 10.7. The molecule has 2 aliphatic heterocycles. The summed E-state index contributed by atoms with van der Waals surface area (Å²) in [5.41, 5.74) is 0.265. The number of fused-ring (bicyclic) bond motifs is 1. The molecule has 2 aromatic rings. The number of benzene rings is 1. The van der Waals surface area contributed by atoms with Gasteiger partial charge in [0.15, 0.2) is 0 Å². The SMILES string of the molecule is CCOc1ccccc1NC(=O)[C@@H]1CC(=O)Nc2nc(N3CCC[C@@H](C)C3)[nH]c(=O)c21. The van der Waals surface area contributed by atoms with E-state index in [2.05, 4.69) is 27.5 Å². The Morgan fingerprint density at radius 3 is 2.90 bits per heavy atom. The van der Waals surface area contributed by atoms with Crippen molar-refractivity contribution in [3.05, 3.63) is 40.2 Å². The van der Waals surface area contributed by atoms with Gasteiger partial charge in [0.25, 0.3) is 5.56 Å². The first-order chi connectivity index (χ1) is 15.0. The zero-order valence-electron chi connectivity index (χ0n) is 17.7. The average Bonchev–Trinajstić information content (AvgIpc) is 2.74. The van der Waals surface area contributed by atoms with Gasteiger partial charge in [0, 0.05) is 19.5 Å². The van der Waals surface area contributed by atoms with Crippen molar-refractivity contribution < 1.29 is 14.3 Å². The highest BCUT2D eigenvalue weighted by atomic mass is 16.5. The normalized spacial score (nSPS) is 20.6. The van der Waals surface area contributed by atoms with Crippen LogP contribution in [0, 0.1) is 5.92 Å². The summed E-state index contributed by atoms with van der Waals surface area (Å²) in [6.07, 6.45) is 2.02. The van der Waals surface area contributed by atoms with Crippen molar-refractivity contribution in [2.24, 2.45) is 5.92 Å². The van der Waals surface area contributed by atoms with E-state index >= 15 is 0 Å². The second kappa shape index (κ2) is 8.79. The summed E-state index contributed by atoms with van der Waals surface area (Å²) >= 11 is 0. The number of nitrogens with zero attached hydrogens (tertiary/aromatic N) is 2. The van der Waals surface area contributed by atoms with Crippen LogP contribution in [-0.2, 0) is 9.59 Å². The van der Waals surface area contributed by atoms with Gasteiger partial charge in [0.2, 0.25) is 17.8 Å². The number of anilines is 3. The van der Waals surface area contributed by atoms with Gasteiger partial charge < -0.3 is 20.3 Å². The molecule has 1 saturated heterocycles. The third-order valence-electron chi connectivity index (χ3n) is 5.66. The highest BCUT2D eigenvalue weighted by molar-refractivity contribution is 6.04. The number of aromatic nitrogens is 2. The first-order valence-electron chi connectivity index (χ1n) is 10.7. The van der Waals surface area contributed by atoms with E-state index in [1.54, 1.807) is 18.2 Å². The highest BCUT2D eigenvalue weighted by Crippen LogP contribution is 2.32. The van der Waals surface area contributed by atoms with E-state index in [9.17, 15) is 14.4 Å². The number of para-hydroxylation sites is 2. The molecule has 1 aromatic carbocycles. The Morgan fingerprint density at radius 1 is 1.32 bits per heavy atom. The molecule has 1 fully saturated rings. The van der Waals surface area contributed by atoms with Gasteiger partial charge in [-0.15, -0.1) is 0 Å². The number of hydrogen-bond donors (Lipinski definition) is 3. The minimum Gasteiger partial charge on any atom is -0.492 e. The molecule has 31 heavy (non-hydrogen) atoms. The smallest absolute Gasteiger partial charge is 0.258 e. The van der Waals surface area contributed by atoms with E-state index in [0.717, 1.165) is 25.9 Å². The summed E-state index contributed by atoms with van der Waals surface area (Å²) in [4.78, 5) is 47.7. The van der Waals surface area contributed by atoms with Crippen LogP contribution < -0.4 is 25.8 Å². The summed E-state index contributed by atoms with van der Waals surface area (Å²) in [5.74, 6) is -0.125. The third-order valence-corrected chi connectivity index (χ3v) is 5.66. The number of carbonyl (C=O) groups is 2. The molecular formula is C22H27N5O4. The van der Waals surface area contributed by atoms with E-state index in [0.29, 0.717) is 29.9 Å². The minimum absolute atomic E-state index is 0.125. The second-order valence-corrected chi connectivity index (χ2v) is 8.07. The third kappa shape index (κ3) is 4.40. The number of rotatable bonds is 5. The van der Waals surface area contributed by atoms with Gasteiger partial charge in [0.1, 0.15) is 11.6 Å². The lowest BCUT2D eigenvalue weighted by atomic mass is 9.92. The van der Waals surface area contributed by atoms with Gasteiger partial charge in [0.05, 0.1) is 23.8 Å². The van der Waals surface area contributed by atoms with E-state index in [4.69, 9.17) is 4.74 Å². The van der Waals surface area contributed by atoms with Gasteiger partial charge in [-0.25, -0.2) is 0 Å². The molecule has 0 spiro atoms. The van der Waals surface area contributed by atoms with Crippen LogP contribution in [-0.4, -0.2) is 41.5 Å². The van der Waals surface area contributed by atoms with Gasteiger partial charge >= 0.3 is 0 Å². The van der Waals surface area contributed by atoms with E-state index in [-0.39, 0.29) is 23.7 Å². The largest absolute Gasteiger partial charge is 0.492 e. The lowest BCUT2D eigenvalue weighted by molar-refractivity contribution is -0.123. The lowest BCUT2D eigenvalue weighted by Gasteiger charge is -2.32. The van der Waals surface area contributed by atoms with Crippen LogP contribution in [0.2, 0.25) is 0 Å². The Morgan fingerprint density at radius 2 is 2.13 bits per heavy atom. The molecule has 164 valence electrons. The maximum atomic E-state index is 13.1. The Labute approximate surface area is 180 Å². The van der Waals surface area contributed by atoms with E-state index in [1.165, 1.54) is 0 Å². The second-order valence-electron chi connectivity index (χ2n) is 8.07. The summed E-state index contributed by atoms with van der Waals surface area (Å²) in [5, 5.41) is 5.47. The predicted molar refractivity (Wildman–Crippen MR) is 118 cm³/mol. The van der Waals surface area contributed by atoms with Crippen LogP contribution in [0.3, 0.4) is 0 Å². The summed E-state index contributed by atoms with van der Waals surface area (Å²) in [6.45, 7) is 6.03. The zero-order chi connectivity index (χ0) is 22.0. The number of nitrogens with one attached hydrogen (secondary N) is 3. The van der Waals surface area contributed by atoms with Gasteiger partial charge in [-0.3, -0.25) is 19.4 Å². The molecule has 2 amide bonds. The van der Waals surface area contributed by atoms with Crippen molar-refractivity contribution in [2.75, 3.05) is 35.2 Å². The number of aromatic amines is 1.